The monoisotopic (exact) mass is 211 g/mol. The summed E-state index contributed by atoms with van der Waals surface area (Å²) in [6, 6.07) is 1.22. The molecule has 1 saturated heterocycles. The lowest BCUT2D eigenvalue weighted by Gasteiger charge is -2.32. The molecule has 0 radical (unpaired) electrons. The number of hydrogen-bond acceptors (Lipinski definition) is 2. The third-order valence-corrected chi connectivity index (χ3v) is 4.41. The van der Waals surface area contributed by atoms with Gasteiger partial charge in [0.1, 0.15) is 0 Å². The SMILES string of the molecule is CC1CCN(C2CCCCCC2)C1CO. The molecule has 2 aliphatic rings. The van der Waals surface area contributed by atoms with Gasteiger partial charge in [0.05, 0.1) is 6.61 Å². The van der Waals surface area contributed by atoms with E-state index in [9.17, 15) is 5.11 Å². The lowest BCUT2D eigenvalue weighted by Crippen LogP contribution is -2.42. The van der Waals surface area contributed by atoms with Crippen molar-refractivity contribution in [1.29, 1.82) is 0 Å². The Morgan fingerprint density at radius 2 is 1.73 bits per heavy atom. The fourth-order valence-corrected chi connectivity index (χ4v) is 3.37. The molecule has 1 saturated carbocycles. The first-order valence-electron chi connectivity index (χ1n) is 6.69. The van der Waals surface area contributed by atoms with Gasteiger partial charge in [-0.15, -0.1) is 0 Å². The molecule has 0 amide bonds. The van der Waals surface area contributed by atoms with E-state index < -0.39 is 0 Å². The summed E-state index contributed by atoms with van der Waals surface area (Å²) in [6.45, 7) is 3.87. The number of aliphatic hydroxyl groups is 1. The first-order chi connectivity index (χ1) is 7.33. The highest BCUT2D eigenvalue weighted by Gasteiger charge is 2.34. The lowest BCUT2D eigenvalue weighted by molar-refractivity contribution is 0.0950. The second-order valence-electron chi connectivity index (χ2n) is 5.40. The highest BCUT2D eigenvalue weighted by atomic mass is 16.3. The van der Waals surface area contributed by atoms with Crippen molar-refractivity contribution in [3.63, 3.8) is 0 Å². The Kier molecular flexibility index (Phi) is 4.04. The average Bonchev–Trinajstić information content (AvgIpc) is 2.48. The maximum absolute atomic E-state index is 9.47. The van der Waals surface area contributed by atoms with Crippen LogP contribution in [0.4, 0.5) is 0 Å². The van der Waals surface area contributed by atoms with Crippen molar-refractivity contribution in [3.8, 4) is 0 Å². The van der Waals surface area contributed by atoms with Crippen molar-refractivity contribution >= 4 is 0 Å². The van der Waals surface area contributed by atoms with Gasteiger partial charge in [0.2, 0.25) is 0 Å². The van der Waals surface area contributed by atoms with E-state index in [-0.39, 0.29) is 0 Å². The van der Waals surface area contributed by atoms with Crippen molar-refractivity contribution in [2.75, 3.05) is 13.2 Å². The van der Waals surface area contributed by atoms with Crippen LogP contribution >= 0.6 is 0 Å². The molecule has 2 fully saturated rings. The molecule has 2 unspecified atom stereocenters. The van der Waals surface area contributed by atoms with Crippen molar-refractivity contribution in [2.45, 2.75) is 64.0 Å². The third kappa shape index (κ3) is 2.54. The highest BCUT2D eigenvalue weighted by molar-refractivity contribution is 4.89. The molecule has 2 heteroatoms. The van der Waals surface area contributed by atoms with Crippen LogP contribution in [0.15, 0.2) is 0 Å². The Bertz CT molecular complexity index is 187. The van der Waals surface area contributed by atoms with E-state index in [0.717, 1.165) is 6.04 Å². The molecular formula is C13H25NO. The van der Waals surface area contributed by atoms with E-state index in [0.29, 0.717) is 18.6 Å². The molecule has 0 bridgehead atoms. The zero-order valence-electron chi connectivity index (χ0n) is 9.99. The van der Waals surface area contributed by atoms with Gasteiger partial charge in [-0.2, -0.15) is 0 Å². The fraction of sp³-hybridized carbons (Fsp3) is 1.00. The quantitative estimate of drug-likeness (QED) is 0.709. The Morgan fingerprint density at radius 3 is 2.33 bits per heavy atom. The molecule has 1 aliphatic heterocycles. The Balaban J connectivity index is 1.95. The predicted molar refractivity (Wildman–Crippen MR) is 62.9 cm³/mol. The summed E-state index contributed by atoms with van der Waals surface area (Å²) < 4.78 is 0. The first-order valence-corrected chi connectivity index (χ1v) is 6.69. The van der Waals surface area contributed by atoms with Crippen LogP contribution in [0.2, 0.25) is 0 Å². The molecule has 1 heterocycles. The second kappa shape index (κ2) is 5.31. The number of nitrogens with zero attached hydrogens (tertiary/aromatic N) is 1. The van der Waals surface area contributed by atoms with Crippen LogP contribution in [0.1, 0.15) is 51.9 Å². The Hall–Kier alpha value is -0.0800. The van der Waals surface area contributed by atoms with Crippen LogP contribution < -0.4 is 0 Å². The van der Waals surface area contributed by atoms with Crippen LogP contribution in [0.3, 0.4) is 0 Å². The van der Waals surface area contributed by atoms with Crippen molar-refractivity contribution < 1.29 is 5.11 Å². The van der Waals surface area contributed by atoms with Crippen LogP contribution in [-0.2, 0) is 0 Å². The van der Waals surface area contributed by atoms with Gasteiger partial charge in [-0.3, -0.25) is 4.90 Å². The van der Waals surface area contributed by atoms with E-state index in [1.807, 2.05) is 0 Å². The summed E-state index contributed by atoms with van der Waals surface area (Å²) in [5.41, 5.74) is 0. The average molecular weight is 211 g/mol. The van der Waals surface area contributed by atoms with Gasteiger partial charge in [0, 0.05) is 12.1 Å². The first kappa shape index (κ1) is 11.4. The van der Waals surface area contributed by atoms with Crippen LogP contribution in [0.5, 0.6) is 0 Å². The summed E-state index contributed by atoms with van der Waals surface area (Å²) in [5, 5.41) is 9.47. The maximum atomic E-state index is 9.47. The van der Waals surface area contributed by atoms with E-state index in [4.69, 9.17) is 0 Å². The number of aliphatic hydroxyl groups excluding tert-OH is 1. The van der Waals surface area contributed by atoms with E-state index in [1.165, 1.54) is 51.5 Å². The summed E-state index contributed by atoms with van der Waals surface area (Å²) in [7, 11) is 0. The highest BCUT2D eigenvalue weighted by Crippen LogP contribution is 2.31. The van der Waals surface area contributed by atoms with Gasteiger partial charge >= 0.3 is 0 Å². The number of rotatable bonds is 2. The molecule has 0 aromatic rings. The predicted octanol–water partition coefficient (Wildman–Crippen LogP) is 2.41. The summed E-state index contributed by atoms with van der Waals surface area (Å²) in [5.74, 6) is 0.693. The van der Waals surface area contributed by atoms with Gasteiger partial charge in [-0.1, -0.05) is 32.6 Å². The minimum absolute atomic E-state index is 0.359. The van der Waals surface area contributed by atoms with Gasteiger partial charge < -0.3 is 5.11 Å². The molecule has 2 rings (SSSR count). The van der Waals surface area contributed by atoms with Crippen molar-refractivity contribution in [1.82, 2.24) is 4.90 Å². The molecule has 2 atom stereocenters. The Labute approximate surface area is 93.7 Å². The third-order valence-electron chi connectivity index (χ3n) is 4.41. The number of hydrogen-bond donors (Lipinski definition) is 1. The largest absolute Gasteiger partial charge is 0.395 e. The van der Waals surface area contributed by atoms with Crippen LogP contribution in [0.25, 0.3) is 0 Å². The number of likely N-dealkylation sites (tertiary alicyclic amines) is 1. The van der Waals surface area contributed by atoms with Crippen LogP contribution in [0, 0.1) is 5.92 Å². The van der Waals surface area contributed by atoms with Crippen LogP contribution in [-0.4, -0.2) is 35.2 Å². The molecule has 88 valence electrons. The van der Waals surface area contributed by atoms with E-state index in [2.05, 4.69) is 11.8 Å². The zero-order valence-corrected chi connectivity index (χ0v) is 9.99. The summed E-state index contributed by atoms with van der Waals surface area (Å²) in [6.07, 6.45) is 9.64. The normalized spacial score (nSPS) is 35.6. The molecular weight excluding hydrogens is 186 g/mol. The van der Waals surface area contributed by atoms with Crippen molar-refractivity contribution in [2.24, 2.45) is 5.92 Å². The maximum Gasteiger partial charge on any atom is 0.0589 e. The minimum Gasteiger partial charge on any atom is -0.395 e. The minimum atomic E-state index is 0.359. The standard InChI is InChI=1S/C13H25NO/c1-11-8-9-14(13(11)10-15)12-6-4-2-3-5-7-12/h11-13,15H,2-10H2,1H3. The molecule has 0 aromatic carbocycles. The summed E-state index contributed by atoms with van der Waals surface area (Å²) in [4.78, 5) is 2.61. The topological polar surface area (TPSA) is 23.5 Å². The van der Waals surface area contributed by atoms with Gasteiger partial charge in [0.15, 0.2) is 0 Å². The van der Waals surface area contributed by atoms with E-state index >= 15 is 0 Å². The zero-order chi connectivity index (χ0) is 10.7. The molecule has 2 nitrogen and oxygen atoms in total. The van der Waals surface area contributed by atoms with Gasteiger partial charge in [-0.05, 0) is 31.7 Å². The smallest absolute Gasteiger partial charge is 0.0589 e. The van der Waals surface area contributed by atoms with Gasteiger partial charge in [-0.25, -0.2) is 0 Å². The lowest BCUT2D eigenvalue weighted by atomic mass is 10.0. The molecule has 15 heavy (non-hydrogen) atoms. The molecule has 0 spiro atoms. The summed E-state index contributed by atoms with van der Waals surface area (Å²) >= 11 is 0. The molecule has 0 aromatic heterocycles. The Morgan fingerprint density at radius 1 is 1.07 bits per heavy atom. The fourth-order valence-electron chi connectivity index (χ4n) is 3.37. The van der Waals surface area contributed by atoms with Gasteiger partial charge in [0.25, 0.3) is 0 Å². The second-order valence-corrected chi connectivity index (χ2v) is 5.40. The molecule has 1 aliphatic carbocycles. The van der Waals surface area contributed by atoms with E-state index in [1.54, 1.807) is 0 Å². The molecule has 1 N–H and O–H groups in total. The van der Waals surface area contributed by atoms with Crippen molar-refractivity contribution in [3.05, 3.63) is 0 Å².